The van der Waals surface area contributed by atoms with Crippen LogP contribution in [0.25, 0.3) is 0 Å². The van der Waals surface area contributed by atoms with Crippen LogP contribution in [0.1, 0.15) is 64.5 Å². The van der Waals surface area contributed by atoms with Crippen molar-refractivity contribution < 1.29 is 14.2 Å². The van der Waals surface area contributed by atoms with Crippen LogP contribution in [0.3, 0.4) is 0 Å². The summed E-state index contributed by atoms with van der Waals surface area (Å²) in [5, 5.41) is 0. The Bertz CT molecular complexity index is 1010. The Balaban J connectivity index is 0.00000260. The van der Waals surface area contributed by atoms with E-state index in [0.717, 1.165) is 76.0 Å². The van der Waals surface area contributed by atoms with Crippen molar-refractivity contribution in [1.29, 1.82) is 0 Å². The molecule has 0 unspecified atom stereocenters. The molecule has 0 bridgehead atoms. The Hall–Kier alpha value is -3.12. The van der Waals surface area contributed by atoms with Crippen molar-refractivity contribution in [2.45, 2.75) is 66.3 Å². The van der Waals surface area contributed by atoms with E-state index in [4.69, 9.17) is 14.2 Å². The second kappa shape index (κ2) is 18.2. The van der Waals surface area contributed by atoms with E-state index >= 15 is 0 Å². The molecule has 2 aromatic carbocycles. The van der Waals surface area contributed by atoms with E-state index in [-0.39, 0.29) is 0 Å². The third-order valence-corrected chi connectivity index (χ3v) is 6.77. The molecule has 0 aliphatic carbocycles. The summed E-state index contributed by atoms with van der Waals surface area (Å²) in [4.78, 5) is 7.01. The molecule has 3 rings (SSSR count). The number of benzene rings is 2. The average Bonchev–Trinajstić information content (AvgIpc) is 2.99. The number of ether oxygens (including phenoxy) is 3. The van der Waals surface area contributed by atoms with Crippen LogP contribution < -0.4 is 19.1 Å². The fourth-order valence-corrected chi connectivity index (χ4v) is 4.71. The van der Waals surface area contributed by atoms with E-state index in [1.165, 1.54) is 29.7 Å². The molecule has 0 saturated carbocycles. The van der Waals surface area contributed by atoms with Gasteiger partial charge in [-0.2, -0.15) is 0 Å². The largest absolute Gasteiger partial charge is 0.496 e. The smallest absolute Gasteiger partial charge is 0.163 e. The average molecular weight is 538 g/mol. The topological polar surface area (TPSA) is 37.4 Å². The second-order valence-corrected chi connectivity index (χ2v) is 9.50. The van der Waals surface area contributed by atoms with E-state index in [9.17, 15) is 0 Å². The van der Waals surface area contributed by atoms with Gasteiger partial charge in [-0.3, -0.25) is 4.90 Å². The Labute approximate surface area is 237 Å². The molecule has 6 heteroatoms. The van der Waals surface area contributed by atoms with Gasteiger partial charge in [0.25, 0.3) is 0 Å². The predicted molar refractivity (Wildman–Crippen MR) is 165 cm³/mol. The number of unbranched alkanes of at least 4 members (excludes halogenated alkanes) is 2. The van der Waals surface area contributed by atoms with Crippen molar-refractivity contribution in [3.05, 3.63) is 72.6 Å². The van der Waals surface area contributed by atoms with Gasteiger partial charge in [0.1, 0.15) is 5.75 Å². The van der Waals surface area contributed by atoms with Crippen molar-refractivity contribution in [2.75, 3.05) is 52.0 Å². The molecule has 0 aromatic heterocycles. The molecule has 1 heterocycles. The first-order valence-electron chi connectivity index (χ1n) is 14.6. The third kappa shape index (κ3) is 10.2. The Morgan fingerprint density at radius 2 is 1.77 bits per heavy atom. The predicted octanol–water partition coefficient (Wildman–Crippen LogP) is 7.49. The van der Waals surface area contributed by atoms with Crippen LogP contribution in [0.2, 0.25) is 0 Å². The zero-order chi connectivity index (χ0) is 28.5. The minimum atomic E-state index is 0.719. The number of allylic oxidation sites excluding steroid dienone is 1. The first kappa shape index (κ1) is 32.1. The van der Waals surface area contributed by atoms with Crippen LogP contribution in [0.15, 0.2) is 61.5 Å². The van der Waals surface area contributed by atoms with Gasteiger partial charge in [-0.25, -0.2) is 0 Å². The maximum Gasteiger partial charge on any atom is 0.163 e. The molecule has 6 nitrogen and oxygen atoms in total. The van der Waals surface area contributed by atoms with Crippen molar-refractivity contribution in [1.82, 2.24) is 9.80 Å². The van der Waals surface area contributed by atoms with Crippen molar-refractivity contribution in [3.8, 4) is 17.2 Å². The van der Waals surface area contributed by atoms with Gasteiger partial charge in [0.15, 0.2) is 11.5 Å². The molecule has 39 heavy (non-hydrogen) atoms. The number of hydrogen-bond acceptors (Lipinski definition) is 6. The fraction of sp³-hybridized carbons (Fsp3) is 0.515. The molecule has 1 fully saturated rings. The molecule has 1 aliphatic heterocycles. The van der Waals surface area contributed by atoms with Crippen molar-refractivity contribution in [2.24, 2.45) is 0 Å². The molecular weight excluding hydrogens is 486 g/mol. The Morgan fingerprint density at radius 1 is 0.974 bits per heavy atom. The Morgan fingerprint density at radius 3 is 2.46 bits per heavy atom. The molecular formula is C33H51N3O3. The normalized spacial score (nSPS) is 13.5. The first-order chi connectivity index (χ1) is 19.1. The molecule has 0 atom stereocenters. The SMILES string of the molecule is C=CN(/C=C\C)CCc1ccc(CN2CCCN(c3ccc(OC)c(OCCCCC)c3)C2)c(OC)c1.CC. The third-order valence-electron chi connectivity index (χ3n) is 6.77. The van der Waals surface area contributed by atoms with Crippen molar-refractivity contribution in [3.63, 3.8) is 0 Å². The highest BCUT2D eigenvalue weighted by molar-refractivity contribution is 5.56. The minimum Gasteiger partial charge on any atom is -0.496 e. The van der Waals surface area contributed by atoms with Gasteiger partial charge in [0, 0.05) is 43.5 Å². The maximum atomic E-state index is 6.09. The lowest BCUT2D eigenvalue weighted by atomic mass is 10.1. The summed E-state index contributed by atoms with van der Waals surface area (Å²) in [6.07, 6.45) is 11.4. The Kier molecular flexibility index (Phi) is 15.0. The molecule has 2 aromatic rings. The van der Waals surface area contributed by atoms with Crippen LogP contribution in [0, 0.1) is 0 Å². The van der Waals surface area contributed by atoms with Gasteiger partial charge in [0.2, 0.25) is 0 Å². The summed E-state index contributed by atoms with van der Waals surface area (Å²) >= 11 is 0. The standard InChI is InChI=1S/C31H45N3O3.C2H6/c1-6-9-10-21-37-31-23-28(14-15-29(31)35-4)34-19-11-18-33(25-34)24-27-13-12-26(22-30(27)36-5)16-20-32(8-3)17-7-2;1-2/h7-8,12-15,17,22-23H,3,6,9-11,16,18-21,24-25H2,1-2,4-5H3;1-2H3/b17-7-;. The van der Waals surface area contributed by atoms with Crippen LogP contribution in [0.4, 0.5) is 5.69 Å². The highest BCUT2D eigenvalue weighted by Gasteiger charge is 2.20. The molecule has 1 saturated heterocycles. The van der Waals surface area contributed by atoms with Gasteiger partial charge < -0.3 is 24.0 Å². The number of hydrogen-bond donors (Lipinski definition) is 0. The van der Waals surface area contributed by atoms with Gasteiger partial charge in [-0.05, 0) is 62.3 Å². The van der Waals surface area contributed by atoms with Gasteiger partial charge >= 0.3 is 0 Å². The van der Waals surface area contributed by atoms with Gasteiger partial charge in [-0.1, -0.05) is 58.4 Å². The van der Waals surface area contributed by atoms with Gasteiger partial charge in [0.05, 0.1) is 27.5 Å². The second-order valence-electron chi connectivity index (χ2n) is 9.50. The summed E-state index contributed by atoms with van der Waals surface area (Å²) in [6.45, 7) is 17.5. The molecule has 1 aliphatic rings. The highest BCUT2D eigenvalue weighted by Crippen LogP contribution is 2.33. The molecule has 0 radical (unpaired) electrons. The summed E-state index contributed by atoms with van der Waals surface area (Å²) in [7, 11) is 3.47. The van der Waals surface area contributed by atoms with E-state index in [1.54, 1.807) is 14.2 Å². The van der Waals surface area contributed by atoms with E-state index in [1.807, 2.05) is 45.3 Å². The number of anilines is 1. The zero-order valence-electron chi connectivity index (χ0n) is 25.2. The quantitative estimate of drug-likeness (QED) is 0.219. The molecule has 216 valence electrons. The van der Waals surface area contributed by atoms with Crippen molar-refractivity contribution >= 4 is 5.69 Å². The van der Waals surface area contributed by atoms with Crippen LogP contribution in [0.5, 0.6) is 17.2 Å². The first-order valence-corrected chi connectivity index (χ1v) is 14.6. The zero-order valence-corrected chi connectivity index (χ0v) is 25.2. The summed E-state index contributed by atoms with van der Waals surface area (Å²) in [5.74, 6) is 2.58. The van der Waals surface area contributed by atoms with Gasteiger partial charge in [-0.15, -0.1) is 0 Å². The van der Waals surface area contributed by atoms with E-state index < -0.39 is 0 Å². The summed E-state index contributed by atoms with van der Waals surface area (Å²) in [5.41, 5.74) is 3.66. The molecule has 0 amide bonds. The lowest BCUT2D eigenvalue weighted by molar-refractivity contribution is 0.229. The highest BCUT2D eigenvalue weighted by atomic mass is 16.5. The minimum absolute atomic E-state index is 0.719. The maximum absolute atomic E-state index is 6.09. The van der Waals surface area contributed by atoms with Crippen LogP contribution >= 0.6 is 0 Å². The van der Waals surface area contributed by atoms with E-state index in [0.29, 0.717) is 0 Å². The van der Waals surface area contributed by atoms with E-state index in [2.05, 4.69) is 58.5 Å². The lowest BCUT2D eigenvalue weighted by Gasteiger charge is -2.37. The summed E-state index contributed by atoms with van der Waals surface area (Å²) < 4.78 is 17.4. The monoisotopic (exact) mass is 537 g/mol. The number of methoxy groups -OCH3 is 2. The fourth-order valence-electron chi connectivity index (χ4n) is 4.71. The summed E-state index contributed by atoms with van der Waals surface area (Å²) in [6, 6.07) is 12.9. The molecule has 0 N–H and O–H groups in total. The molecule has 0 spiro atoms. The number of nitrogens with zero attached hydrogens (tertiary/aromatic N) is 3. The van der Waals surface area contributed by atoms with Crippen LogP contribution in [-0.2, 0) is 13.0 Å². The lowest BCUT2D eigenvalue weighted by Crippen LogP contribution is -2.44. The number of rotatable bonds is 15. The van der Waals surface area contributed by atoms with Crippen LogP contribution in [-0.4, -0.2) is 56.9 Å².